The summed E-state index contributed by atoms with van der Waals surface area (Å²) in [5, 5.41) is 8.99. The zero-order valence-corrected chi connectivity index (χ0v) is 10.8. The van der Waals surface area contributed by atoms with Crippen LogP contribution < -0.4 is 5.56 Å². The van der Waals surface area contributed by atoms with E-state index in [9.17, 15) is 9.59 Å². The second kappa shape index (κ2) is 4.59. The van der Waals surface area contributed by atoms with Crippen LogP contribution >= 0.6 is 0 Å². The van der Waals surface area contributed by atoms with Gasteiger partial charge in [-0.2, -0.15) is 0 Å². The van der Waals surface area contributed by atoms with Crippen molar-refractivity contribution in [3.8, 4) is 0 Å². The summed E-state index contributed by atoms with van der Waals surface area (Å²) in [7, 11) is 0. The second-order valence-corrected chi connectivity index (χ2v) is 5.88. The van der Waals surface area contributed by atoms with Gasteiger partial charge in [0.15, 0.2) is 0 Å². The minimum absolute atomic E-state index is 0.109. The molecule has 98 valence electrons. The number of aromatic nitrogens is 1. The van der Waals surface area contributed by atoms with E-state index in [1.54, 1.807) is 4.57 Å². The van der Waals surface area contributed by atoms with E-state index in [1.807, 2.05) is 0 Å². The Kier molecular flexibility index (Phi) is 3.28. The number of hydrogen-bond donors (Lipinski definition) is 1. The Balaban J connectivity index is 2.35. The molecule has 1 atom stereocenters. The van der Waals surface area contributed by atoms with Crippen LogP contribution in [0.4, 0.5) is 0 Å². The van der Waals surface area contributed by atoms with Gasteiger partial charge < -0.3 is 9.67 Å². The van der Waals surface area contributed by atoms with Gasteiger partial charge in [0.25, 0.3) is 5.56 Å². The van der Waals surface area contributed by atoms with E-state index in [4.69, 9.17) is 5.11 Å². The third-order valence-corrected chi connectivity index (χ3v) is 3.76. The normalized spacial score (nSPS) is 22.7. The van der Waals surface area contributed by atoms with Crippen LogP contribution in [0.3, 0.4) is 0 Å². The first-order valence-corrected chi connectivity index (χ1v) is 6.34. The van der Waals surface area contributed by atoms with Gasteiger partial charge in [-0.25, -0.2) is 4.79 Å². The van der Waals surface area contributed by atoms with Crippen molar-refractivity contribution in [1.29, 1.82) is 0 Å². The Hall–Kier alpha value is -1.58. The average Bonchev–Trinajstić information content (AvgIpc) is 2.27. The van der Waals surface area contributed by atoms with E-state index in [0.717, 1.165) is 25.7 Å². The van der Waals surface area contributed by atoms with Crippen LogP contribution in [0.15, 0.2) is 23.1 Å². The maximum atomic E-state index is 11.9. The first-order valence-electron chi connectivity index (χ1n) is 6.34. The topological polar surface area (TPSA) is 59.3 Å². The molecule has 0 bridgehead atoms. The number of nitrogens with zero attached hydrogens (tertiary/aromatic N) is 1. The third kappa shape index (κ3) is 2.63. The zero-order valence-electron chi connectivity index (χ0n) is 10.8. The van der Waals surface area contributed by atoms with Crippen molar-refractivity contribution < 1.29 is 9.90 Å². The molecule has 0 aromatic carbocycles. The number of carboxylic acids is 1. The Bertz CT molecular complexity index is 516. The summed E-state index contributed by atoms with van der Waals surface area (Å²) in [6.45, 7) is 4.40. The lowest BCUT2D eigenvalue weighted by atomic mass is 9.75. The van der Waals surface area contributed by atoms with Crippen molar-refractivity contribution in [3.63, 3.8) is 0 Å². The molecule has 1 saturated carbocycles. The summed E-state index contributed by atoms with van der Waals surface area (Å²) in [4.78, 5) is 22.8. The molecule has 0 spiro atoms. The fourth-order valence-corrected chi connectivity index (χ4v) is 2.81. The lowest BCUT2D eigenvalue weighted by molar-refractivity contribution is 0.0695. The number of pyridine rings is 1. The van der Waals surface area contributed by atoms with Gasteiger partial charge in [-0.15, -0.1) is 0 Å². The summed E-state index contributed by atoms with van der Waals surface area (Å²) in [6, 6.07) is 2.85. The van der Waals surface area contributed by atoms with Crippen LogP contribution in [0.5, 0.6) is 0 Å². The van der Waals surface area contributed by atoms with E-state index in [-0.39, 0.29) is 22.6 Å². The third-order valence-electron chi connectivity index (χ3n) is 3.76. The van der Waals surface area contributed by atoms with Crippen molar-refractivity contribution in [1.82, 2.24) is 4.57 Å². The summed E-state index contributed by atoms with van der Waals surface area (Å²) < 4.78 is 1.60. The molecule has 1 N–H and O–H groups in total. The molecule has 1 unspecified atom stereocenters. The molecule has 1 aliphatic rings. The van der Waals surface area contributed by atoms with Crippen LogP contribution in [0.2, 0.25) is 0 Å². The average molecular weight is 249 g/mol. The summed E-state index contributed by atoms with van der Waals surface area (Å²) in [5.74, 6) is -0.987. The van der Waals surface area contributed by atoms with Crippen LogP contribution in [0.1, 0.15) is 55.9 Å². The molecule has 1 aromatic rings. The monoisotopic (exact) mass is 249 g/mol. The van der Waals surface area contributed by atoms with E-state index in [0.29, 0.717) is 0 Å². The molecular formula is C14H19NO3. The van der Waals surface area contributed by atoms with Crippen molar-refractivity contribution in [3.05, 3.63) is 34.2 Å². The molecular weight excluding hydrogens is 230 g/mol. The second-order valence-electron chi connectivity index (χ2n) is 5.88. The van der Waals surface area contributed by atoms with Gasteiger partial charge in [0.2, 0.25) is 0 Å². The SMILES string of the molecule is CC1(C)CCCC(n2cc(C(=O)O)ccc2=O)C1. The van der Waals surface area contributed by atoms with Crippen molar-refractivity contribution in [2.24, 2.45) is 5.41 Å². The number of rotatable bonds is 2. The summed E-state index contributed by atoms with van der Waals surface area (Å²) >= 11 is 0. The lowest BCUT2D eigenvalue weighted by Gasteiger charge is -2.36. The molecule has 0 amide bonds. The minimum Gasteiger partial charge on any atom is -0.478 e. The summed E-state index contributed by atoms with van der Waals surface area (Å²) in [5.41, 5.74) is 0.294. The Labute approximate surface area is 106 Å². The Morgan fingerprint density at radius 1 is 1.44 bits per heavy atom. The quantitative estimate of drug-likeness (QED) is 0.876. The molecule has 0 saturated heterocycles. The van der Waals surface area contributed by atoms with E-state index < -0.39 is 5.97 Å². The fourth-order valence-electron chi connectivity index (χ4n) is 2.81. The number of carboxylic acid groups (broad SMARTS) is 1. The van der Waals surface area contributed by atoms with Gasteiger partial charge in [-0.3, -0.25) is 4.79 Å². The van der Waals surface area contributed by atoms with Gasteiger partial charge in [0.05, 0.1) is 5.56 Å². The molecule has 1 aliphatic carbocycles. The predicted molar refractivity (Wildman–Crippen MR) is 68.9 cm³/mol. The molecule has 4 nitrogen and oxygen atoms in total. The molecule has 2 rings (SSSR count). The highest BCUT2D eigenvalue weighted by Crippen LogP contribution is 2.40. The maximum absolute atomic E-state index is 11.9. The van der Waals surface area contributed by atoms with Crippen molar-refractivity contribution in [2.75, 3.05) is 0 Å². The highest BCUT2D eigenvalue weighted by Gasteiger charge is 2.29. The standard InChI is InChI=1S/C14H19NO3/c1-14(2)7-3-4-11(8-14)15-9-10(13(17)18)5-6-12(15)16/h5-6,9,11H,3-4,7-8H2,1-2H3,(H,17,18). The minimum atomic E-state index is -0.987. The van der Waals surface area contributed by atoms with Crippen molar-refractivity contribution >= 4 is 5.97 Å². The first kappa shape index (κ1) is 12.9. The van der Waals surface area contributed by atoms with Crippen LogP contribution in [0.25, 0.3) is 0 Å². The lowest BCUT2D eigenvalue weighted by Crippen LogP contribution is -2.31. The summed E-state index contributed by atoms with van der Waals surface area (Å²) in [6.07, 6.45) is 5.61. The molecule has 0 radical (unpaired) electrons. The van der Waals surface area contributed by atoms with E-state index >= 15 is 0 Å². The first-order chi connectivity index (χ1) is 8.39. The van der Waals surface area contributed by atoms with Crippen LogP contribution in [-0.2, 0) is 0 Å². The smallest absolute Gasteiger partial charge is 0.337 e. The van der Waals surface area contributed by atoms with Crippen LogP contribution in [-0.4, -0.2) is 15.6 Å². The van der Waals surface area contributed by atoms with Crippen LogP contribution in [0, 0.1) is 5.41 Å². The Morgan fingerprint density at radius 3 is 2.78 bits per heavy atom. The number of aromatic carboxylic acids is 1. The molecule has 4 heteroatoms. The molecule has 0 aliphatic heterocycles. The molecule has 1 heterocycles. The maximum Gasteiger partial charge on any atom is 0.337 e. The highest BCUT2D eigenvalue weighted by atomic mass is 16.4. The number of hydrogen-bond acceptors (Lipinski definition) is 2. The van der Waals surface area contributed by atoms with Gasteiger partial charge in [0, 0.05) is 18.3 Å². The predicted octanol–water partition coefficient (Wildman–Crippen LogP) is 2.69. The highest BCUT2D eigenvalue weighted by molar-refractivity contribution is 5.87. The van der Waals surface area contributed by atoms with Gasteiger partial charge >= 0.3 is 5.97 Å². The van der Waals surface area contributed by atoms with E-state index in [2.05, 4.69) is 13.8 Å². The van der Waals surface area contributed by atoms with Gasteiger partial charge in [-0.1, -0.05) is 20.3 Å². The fraction of sp³-hybridized carbons (Fsp3) is 0.571. The Morgan fingerprint density at radius 2 is 2.17 bits per heavy atom. The molecule has 18 heavy (non-hydrogen) atoms. The molecule has 1 aromatic heterocycles. The van der Waals surface area contributed by atoms with Gasteiger partial charge in [0.1, 0.15) is 0 Å². The van der Waals surface area contributed by atoms with E-state index in [1.165, 1.54) is 18.3 Å². The zero-order chi connectivity index (χ0) is 13.3. The number of carbonyl (C=O) groups is 1. The van der Waals surface area contributed by atoms with Gasteiger partial charge in [-0.05, 0) is 30.7 Å². The molecule has 1 fully saturated rings. The largest absolute Gasteiger partial charge is 0.478 e. The van der Waals surface area contributed by atoms with Crippen molar-refractivity contribution in [2.45, 2.75) is 45.6 Å².